The summed E-state index contributed by atoms with van der Waals surface area (Å²) in [5.74, 6) is -1.37. The lowest BCUT2D eigenvalue weighted by Crippen LogP contribution is -2.57. The topological polar surface area (TPSA) is 66.4 Å². The molecule has 0 radical (unpaired) electrons. The molecule has 0 aromatic heterocycles. The van der Waals surface area contributed by atoms with Crippen molar-refractivity contribution in [3.05, 3.63) is 35.6 Å². The van der Waals surface area contributed by atoms with Gasteiger partial charge in [-0.3, -0.25) is 9.59 Å². The zero-order valence-electron chi connectivity index (χ0n) is 14.5. The quantitative estimate of drug-likeness (QED) is 0.813. The first-order chi connectivity index (χ1) is 11.3. The highest BCUT2D eigenvalue weighted by Crippen LogP contribution is 2.41. The molecular weight excluding hydrogens is 309 g/mol. The summed E-state index contributed by atoms with van der Waals surface area (Å²) in [5, 5.41) is 13.5. The number of hydrogen-bond donors (Lipinski definition) is 2. The van der Waals surface area contributed by atoms with Gasteiger partial charge in [-0.05, 0) is 42.7 Å². The van der Waals surface area contributed by atoms with E-state index in [9.17, 15) is 19.1 Å². The van der Waals surface area contributed by atoms with Gasteiger partial charge >= 0.3 is 0 Å². The van der Waals surface area contributed by atoms with Crippen molar-refractivity contribution in [1.29, 1.82) is 0 Å². The van der Waals surface area contributed by atoms with E-state index in [1.807, 2.05) is 20.8 Å². The van der Waals surface area contributed by atoms with E-state index >= 15 is 0 Å². The third-order valence-corrected chi connectivity index (χ3v) is 5.03. The first kappa shape index (κ1) is 18.6. The van der Waals surface area contributed by atoms with Crippen molar-refractivity contribution >= 4 is 11.7 Å². The van der Waals surface area contributed by atoms with Gasteiger partial charge in [-0.15, -0.1) is 0 Å². The van der Waals surface area contributed by atoms with Gasteiger partial charge in [0.05, 0.1) is 12.1 Å². The Labute approximate surface area is 142 Å². The predicted octanol–water partition coefficient (Wildman–Crippen LogP) is 2.95. The summed E-state index contributed by atoms with van der Waals surface area (Å²) in [6.45, 7) is 5.67. The lowest BCUT2D eigenvalue weighted by Gasteiger charge is -2.43. The van der Waals surface area contributed by atoms with Crippen LogP contribution in [0.4, 0.5) is 4.39 Å². The molecule has 5 heteroatoms. The van der Waals surface area contributed by atoms with Crippen molar-refractivity contribution in [2.45, 2.75) is 45.6 Å². The third-order valence-electron chi connectivity index (χ3n) is 5.03. The summed E-state index contributed by atoms with van der Waals surface area (Å²) in [4.78, 5) is 24.7. The predicted molar refractivity (Wildman–Crippen MR) is 90.0 cm³/mol. The van der Waals surface area contributed by atoms with Crippen LogP contribution in [0.15, 0.2) is 24.3 Å². The molecule has 4 nitrogen and oxygen atoms in total. The van der Waals surface area contributed by atoms with Crippen LogP contribution in [0.25, 0.3) is 0 Å². The van der Waals surface area contributed by atoms with Gasteiger partial charge in [-0.1, -0.05) is 39.3 Å². The van der Waals surface area contributed by atoms with Gasteiger partial charge in [0.2, 0.25) is 0 Å². The number of rotatable bonds is 5. The monoisotopic (exact) mass is 335 g/mol. The van der Waals surface area contributed by atoms with Crippen molar-refractivity contribution in [1.82, 2.24) is 5.32 Å². The fraction of sp³-hybridized carbons (Fsp3) is 0.579. The maximum atomic E-state index is 13.6. The van der Waals surface area contributed by atoms with Gasteiger partial charge in [0.25, 0.3) is 5.91 Å². The molecule has 1 aliphatic carbocycles. The Hall–Kier alpha value is -1.75. The van der Waals surface area contributed by atoms with Crippen molar-refractivity contribution < 1.29 is 19.1 Å². The van der Waals surface area contributed by atoms with Crippen molar-refractivity contribution in [3.8, 4) is 0 Å². The molecule has 2 N–H and O–H groups in total. The summed E-state index contributed by atoms with van der Waals surface area (Å²) in [7, 11) is 0. The summed E-state index contributed by atoms with van der Waals surface area (Å²) in [5.41, 5.74) is -1.52. The first-order valence-corrected chi connectivity index (χ1v) is 8.54. The second-order valence-corrected chi connectivity index (χ2v) is 7.25. The Morgan fingerprint density at radius 1 is 1.33 bits per heavy atom. The van der Waals surface area contributed by atoms with E-state index in [1.54, 1.807) is 6.07 Å². The van der Waals surface area contributed by atoms with Crippen LogP contribution in [0.2, 0.25) is 0 Å². The molecule has 1 aromatic carbocycles. The number of halogens is 1. The summed E-state index contributed by atoms with van der Waals surface area (Å²) < 4.78 is 13.6. The molecule has 1 saturated carbocycles. The highest BCUT2D eigenvalue weighted by molar-refractivity contribution is 6.00. The highest BCUT2D eigenvalue weighted by atomic mass is 19.1. The lowest BCUT2D eigenvalue weighted by atomic mass is 9.66. The van der Waals surface area contributed by atoms with E-state index in [0.29, 0.717) is 6.42 Å². The number of ketones is 1. The SMILES string of the molecule is CC(C)[C@@H]1CC[C@@H](C)C[C@@]1(O)C(=O)NCC(=O)c1ccccc1F. The zero-order valence-corrected chi connectivity index (χ0v) is 14.5. The normalized spacial score (nSPS) is 27.1. The van der Waals surface area contributed by atoms with Crippen LogP contribution in [0.1, 0.15) is 50.4 Å². The second kappa shape index (κ2) is 7.43. The molecule has 0 unspecified atom stereocenters. The standard InChI is InChI=1S/C19H26FNO3/c1-12(2)15-9-8-13(3)10-19(15,24)18(23)21-11-17(22)14-6-4-5-7-16(14)20/h4-7,12-13,15,24H,8-11H2,1-3H3,(H,21,23)/t13-,15+,19+/m1/s1. The molecule has 132 valence electrons. The maximum Gasteiger partial charge on any atom is 0.252 e. The smallest absolute Gasteiger partial charge is 0.252 e. The molecular formula is C19H26FNO3. The maximum absolute atomic E-state index is 13.6. The van der Waals surface area contributed by atoms with Crippen LogP contribution in [-0.4, -0.2) is 28.9 Å². The molecule has 0 spiro atoms. The van der Waals surface area contributed by atoms with Gasteiger partial charge in [-0.25, -0.2) is 4.39 Å². The van der Waals surface area contributed by atoms with E-state index in [4.69, 9.17) is 0 Å². The van der Waals surface area contributed by atoms with Crippen molar-refractivity contribution in [3.63, 3.8) is 0 Å². The molecule has 1 aliphatic rings. The minimum atomic E-state index is -1.47. The average Bonchev–Trinajstić information content (AvgIpc) is 2.52. The number of carbonyl (C=O) groups excluding carboxylic acids is 2. The molecule has 24 heavy (non-hydrogen) atoms. The summed E-state index contributed by atoms with van der Waals surface area (Å²) in [6, 6.07) is 5.67. The fourth-order valence-electron chi connectivity index (χ4n) is 3.73. The average molecular weight is 335 g/mol. The van der Waals surface area contributed by atoms with Crippen LogP contribution in [0.3, 0.4) is 0 Å². The van der Waals surface area contributed by atoms with E-state index in [1.165, 1.54) is 18.2 Å². The first-order valence-electron chi connectivity index (χ1n) is 8.54. The molecule has 0 bridgehead atoms. The number of benzene rings is 1. The van der Waals surface area contributed by atoms with Crippen LogP contribution >= 0.6 is 0 Å². The Morgan fingerprint density at radius 2 is 2.00 bits per heavy atom. The van der Waals surface area contributed by atoms with E-state index < -0.39 is 23.1 Å². The molecule has 1 aromatic rings. The van der Waals surface area contributed by atoms with Gasteiger partial charge in [0.15, 0.2) is 5.78 Å². The van der Waals surface area contributed by atoms with Gasteiger partial charge in [-0.2, -0.15) is 0 Å². The minimum absolute atomic E-state index is 0.0535. The van der Waals surface area contributed by atoms with E-state index in [0.717, 1.165) is 12.8 Å². The molecule has 2 rings (SSSR count). The highest BCUT2D eigenvalue weighted by Gasteiger charge is 2.48. The number of Topliss-reactive ketones (excluding diaryl/α,β-unsaturated/α-hetero) is 1. The molecule has 0 aliphatic heterocycles. The van der Waals surface area contributed by atoms with E-state index in [-0.39, 0.29) is 29.9 Å². The summed E-state index contributed by atoms with van der Waals surface area (Å²) in [6.07, 6.45) is 2.15. The number of carbonyl (C=O) groups is 2. The number of aliphatic hydroxyl groups is 1. The summed E-state index contributed by atoms with van der Waals surface area (Å²) >= 11 is 0. The van der Waals surface area contributed by atoms with Crippen LogP contribution in [0.5, 0.6) is 0 Å². The van der Waals surface area contributed by atoms with E-state index in [2.05, 4.69) is 5.32 Å². The third kappa shape index (κ3) is 3.83. The minimum Gasteiger partial charge on any atom is -0.380 e. The largest absolute Gasteiger partial charge is 0.380 e. The van der Waals surface area contributed by atoms with Crippen molar-refractivity contribution in [2.24, 2.45) is 17.8 Å². The Balaban J connectivity index is 2.07. The Kier molecular flexibility index (Phi) is 5.75. The van der Waals surface area contributed by atoms with Crippen LogP contribution in [-0.2, 0) is 4.79 Å². The molecule has 1 fully saturated rings. The Bertz CT molecular complexity index is 616. The van der Waals surface area contributed by atoms with Gasteiger partial charge in [0.1, 0.15) is 11.4 Å². The van der Waals surface area contributed by atoms with Crippen LogP contribution in [0, 0.1) is 23.6 Å². The molecule has 0 saturated heterocycles. The van der Waals surface area contributed by atoms with Crippen LogP contribution < -0.4 is 5.32 Å². The fourth-order valence-corrected chi connectivity index (χ4v) is 3.73. The van der Waals surface area contributed by atoms with Gasteiger partial charge in [0, 0.05) is 0 Å². The second-order valence-electron chi connectivity index (χ2n) is 7.25. The zero-order chi connectivity index (χ0) is 17.9. The molecule has 1 amide bonds. The Morgan fingerprint density at radius 3 is 2.62 bits per heavy atom. The number of nitrogens with one attached hydrogen (secondary N) is 1. The molecule has 3 atom stereocenters. The van der Waals surface area contributed by atoms with Gasteiger partial charge < -0.3 is 10.4 Å². The lowest BCUT2D eigenvalue weighted by molar-refractivity contribution is -0.155. The molecule has 0 heterocycles. The number of amides is 1. The van der Waals surface area contributed by atoms with Crippen molar-refractivity contribution in [2.75, 3.05) is 6.54 Å². The number of hydrogen-bond acceptors (Lipinski definition) is 3.